The highest BCUT2D eigenvalue weighted by molar-refractivity contribution is 5.03. The summed E-state index contributed by atoms with van der Waals surface area (Å²) >= 11 is 0. The minimum atomic E-state index is -0.497. The highest BCUT2D eigenvalue weighted by Gasteiger charge is 2.27. The van der Waals surface area contributed by atoms with Crippen molar-refractivity contribution >= 4 is 0 Å². The van der Waals surface area contributed by atoms with E-state index >= 15 is 0 Å². The van der Waals surface area contributed by atoms with E-state index in [-0.39, 0.29) is 19.3 Å². The summed E-state index contributed by atoms with van der Waals surface area (Å²) < 4.78 is 12.4. The van der Waals surface area contributed by atoms with Gasteiger partial charge in [-0.05, 0) is 19.3 Å². The number of unbranched alkanes of at least 4 members (excludes halogenated alkanes) is 2. The van der Waals surface area contributed by atoms with E-state index in [0.29, 0.717) is 25.0 Å². The smallest absolute Gasteiger partial charge is 0.330 e. The van der Waals surface area contributed by atoms with Gasteiger partial charge in [0.05, 0.1) is 24.9 Å². The van der Waals surface area contributed by atoms with Crippen molar-refractivity contribution in [3.63, 3.8) is 0 Å². The van der Waals surface area contributed by atoms with E-state index in [1.165, 1.54) is 10.8 Å². The minimum Gasteiger partial charge on any atom is -0.394 e. The Bertz CT molecular complexity index is 580. The van der Waals surface area contributed by atoms with Gasteiger partial charge in [0.2, 0.25) is 0 Å². The summed E-state index contributed by atoms with van der Waals surface area (Å²) in [6.45, 7) is 2.82. The van der Waals surface area contributed by atoms with Gasteiger partial charge >= 0.3 is 5.69 Å². The quantitative estimate of drug-likeness (QED) is 0.696. The van der Waals surface area contributed by atoms with E-state index < -0.39 is 17.5 Å². The Morgan fingerprint density at radius 2 is 2.23 bits per heavy atom. The first kappa shape index (κ1) is 16.9. The number of H-pyrrole nitrogens is 1. The molecule has 1 aliphatic rings. The molecule has 1 saturated heterocycles. The van der Waals surface area contributed by atoms with Gasteiger partial charge in [0.25, 0.3) is 5.56 Å². The maximum Gasteiger partial charge on any atom is 0.330 e. The zero-order valence-corrected chi connectivity index (χ0v) is 12.9. The molecule has 0 saturated carbocycles. The third-order valence-corrected chi connectivity index (χ3v) is 3.79. The Kier molecular flexibility index (Phi) is 6.35. The standard InChI is InChI=1S/C15H24N2O5/c1-2-3-4-7-21-10-11-8-17(15(20)16-14(11)19)13-6-5-12(9-18)22-13/h8,12-13,18H,2-7,9-10H2,1H3,(H,16,19,20)/t12-,13+/m0/s1. The zero-order chi connectivity index (χ0) is 15.9. The molecule has 0 spiro atoms. The van der Waals surface area contributed by atoms with Gasteiger partial charge in [0, 0.05) is 12.8 Å². The fraction of sp³-hybridized carbons (Fsp3) is 0.733. The molecule has 0 bridgehead atoms. The van der Waals surface area contributed by atoms with Gasteiger partial charge < -0.3 is 14.6 Å². The van der Waals surface area contributed by atoms with E-state index in [4.69, 9.17) is 14.6 Å². The first-order chi connectivity index (χ1) is 10.7. The molecule has 7 nitrogen and oxygen atoms in total. The summed E-state index contributed by atoms with van der Waals surface area (Å²) in [5.41, 5.74) is -0.510. The molecule has 0 radical (unpaired) electrons. The van der Waals surface area contributed by atoms with E-state index in [1.807, 2.05) is 0 Å². The van der Waals surface area contributed by atoms with Crippen LogP contribution in [0.1, 0.15) is 50.8 Å². The van der Waals surface area contributed by atoms with E-state index in [9.17, 15) is 9.59 Å². The van der Waals surface area contributed by atoms with Crippen LogP contribution in [0.25, 0.3) is 0 Å². The molecule has 2 heterocycles. The summed E-state index contributed by atoms with van der Waals surface area (Å²) in [4.78, 5) is 26.0. The van der Waals surface area contributed by atoms with Crippen LogP contribution in [0.2, 0.25) is 0 Å². The number of hydrogen-bond acceptors (Lipinski definition) is 5. The second-order valence-corrected chi connectivity index (χ2v) is 5.55. The molecule has 1 aromatic rings. The normalized spacial score (nSPS) is 21.4. The monoisotopic (exact) mass is 312 g/mol. The lowest BCUT2D eigenvalue weighted by atomic mass is 10.2. The molecular formula is C15H24N2O5. The predicted octanol–water partition coefficient (Wildman–Crippen LogP) is 0.913. The van der Waals surface area contributed by atoms with Gasteiger partial charge in [-0.25, -0.2) is 4.79 Å². The molecule has 1 fully saturated rings. The van der Waals surface area contributed by atoms with Gasteiger partial charge in [-0.15, -0.1) is 0 Å². The number of nitrogens with one attached hydrogen (secondary N) is 1. The van der Waals surface area contributed by atoms with Crippen LogP contribution < -0.4 is 11.2 Å². The maximum absolute atomic E-state index is 11.9. The SMILES string of the molecule is CCCCCOCc1cn([C@H]2CC[C@@H](CO)O2)c(=O)[nH]c1=O. The zero-order valence-electron chi connectivity index (χ0n) is 12.9. The Balaban J connectivity index is 2.04. The van der Waals surface area contributed by atoms with Gasteiger partial charge in [0.1, 0.15) is 6.23 Å². The van der Waals surface area contributed by atoms with E-state index in [0.717, 1.165) is 19.3 Å². The van der Waals surface area contributed by atoms with Crippen LogP contribution in [-0.2, 0) is 16.1 Å². The fourth-order valence-corrected chi connectivity index (χ4v) is 2.51. The molecule has 2 rings (SSSR count). The maximum atomic E-state index is 11.9. The van der Waals surface area contributed by atoms with Crippen molar-refractivity contribution in [1.82, 2.24) is 9.55 Å². The van der Waals surface area contributed by atoms with Crippen molar-refractivity contribution in [1.29, 1.82) is 0 Å². The highest BCUT2D eigenvalue weighted by atomic mass is 16.5. The number of aromatic nitrogens is 2. The lowest BCUT2D eigenvalue weighted by Gasteiger charge is -2.15. The Morgan fingerprint density at radius 3 is 2.91 bits per heavy atom. The predicted molar refractivity (Wildman–Crippen MR) is 80.7 cm³/mol. The van der Waals surface area contributed by atoms with Crippen LogP contribution in [0.3, 0.4) is 0 Å². The first-order valence-corrected chi connectivity index (χ1v) is 7.84. The van der Waals surface area contributed by atoms with Crippen molar-refractivity contribution in [3.05, 3.63) is 32.6 Å². The van der Waals surface area contributed by atoms with E-state index in [1.54, 1.807) is 0 Å². The van der Waals surface area contributed by atoms with Crippen molar-refractivity contribution in [3.8, 4) is 0 Å². The number of aromatic amines is 1. The van der Waals surface area contributed by atoms with Crippen LogP contribution in [0, 0.1) is 0 Å². The van der Waals surface area contributed by atoms with Gasteiger partial charge in [-0.3, -0.25) is 14.3 Å². The average Bonchev–Trinajstić information content (AvgIpc) is 2.97. The second kappa shape index (κ2) is 8.26. The molecule has 1 aromatic heterocycles. The topological polar surface area (TPSA) is 93.6 Å². The van der Waals surface area contributed by atoms with Crippen LogP contribution in [-0.4, -0.2) is 34.0 Å². The van der Waals surface area contributed by atoms with Gasteiger partial charge in [-0.2, -0.15) is 0 Å². The molecule has 2 atom stereocenters. The van der Waals surface area contributed by atoms with Crippen LogP contribution in [0.5, 0.6) is 0 Å². The third kappa shape index (κ3) is 4.28. The number of hydrogen-bond donors (Lipinski definition) is 2. The molecule has 124 valence electrons. The lowest BCUT2D eigenvalue weighted by molar-refractivity contribution is -0.0249. The van der Waals surface area contributed by atoms with E-state index in [2.05, 4.69) is 11.9 Å². The van der Waals surface area contributed by atoms with Crippen molar-refractivity contribution in [2.75, 3.05) is 13.2 Å². The second-order valence-electron chi connectivity index (χ2n) is 5.55. The van der Waals surface area contributed by atoms with Crippen LogP contribution >= 0.6 is 0 Å². The molecule has 0 aromatic carbocycles. The highest BCUT2D eigenvalue weighted by Crippen LogP contribution is 2.26. The van der Waals surface area contributed by atoms with Gasteiger partial charge in [-0.1, -0.05) is 19.8 Å². The number of rotatable bonds is 8. The summed E-state index contributed by atoms with van der Waals surface area (Å²) in [6.07, 6.45) is 5.29. The number of aliphatic hydroxyl groups is 1. The van der Waals surface area contributed by atoms with Crippen molar-refractivity contribution in [2.45, 2.75) is 58.0 Å². The molecule has 22 heavy (non-hydrogen) atoms. The molecular weight excluding hydrogens is 288 g/mol. The molecule has 0 amide bonds. The van der Waals surface area contributed by atoms with Crippen LogP contribution in [0.15, 0.2) is 15.8 Å². The number of aliphatic hydroxyl groups excluding tert-OH is 1. The Morgan fingerprint density at radius 1 is 1.41 bits per heavy atom. The lowest BCUT2D eigenvalue weighted by Crippen LogP contribution is -2.34. The Hall–Kier alpha value is -1.44. The summed E-state index contributed by atoms with van der Waals surface area (Å²) in [5.74, 6) is 0. The molecule has 0 unspecified atom stereocenters. The number of ether oxygens (including phenoxy) is 2. The summed E-state index contributed by atoms with van der Waals surface area (Å²) in [7, 11) is 0. The third-order valence-electron chi connectivity index (χ3n) is 3.79. The summed E-state index contributed by atoms with van der Waals surface area (Å²) in [6, 6.07) is 0. The van der Waals surface area contributed by atoms with Crippen molar-refractivity contribution in [2.24, 2.45) is 0 Å². The van der Waals surface area contributed by atoms with Gasteiger partial charge in [0.15, 0.2) is 0 Å². The first-order valence-electron chi connectivity index (χ1n) is 7.84. The Labute approximate surface area is 128 Å². The van der Waals surface area contributed by atoms with Crippen LogP contribution in [0.4, 0.5) is 0 Å². The minimum absolute atomic E-state index is 0.0675. The fourth-order valence-electron chi connectivity index (χ4n) is 2.51. The average molecular weight is 312 g/mol. The molecule has 0 aliphatic carbocycles. The summed E-state index contributed by atoms with van der Waals surface area (Å²) in [5, 5.41) is 9.10. The number of nitrogens with zero attached hydrogens (tertiary/aromatic N) is 1. The molecule has 7 heteroatoms. The molecule has 1 aliphatic heterocycles. The molecule has 2 N–H and O–H groups in total. The largest absolute Gasteiger partial charge is 0.394 e. The van der Waals surface area contributed by atoms with Crippen molar-refractivity contribution < 1.29 is 14.6 Å².